The lowest BCUT2D eigenvalue weighted by molar-refractivity contribution is 0.101. The summed E-state index contributed by atoms with van der Waals surface area (Å²) in [7, 11) is 0. The number of nitrogens with zero attached hydrogens (tertiary/aromatic N) is 3. The topological polar surface area (TPSA) is 64.4 Å². The number of rotatable bonds is 3. The molecule has 2 heterocycles. The Morgan fingerprint density at radius 1 is 1.07 bits per heavy atom. The predicted octanol–water partition coefficient (Wildman–Crippen LogP) is 3.46. The van der Waals surface area contributed by atoms with Gasteiger partial charge in [-0.15, -0.1) is 0 Å². The van der Waals surface area contributed by atoms with E-state index in [1.54, 1.807) is 12.3 Å². The van der Waals surface area contributed by atoms with Crippen molar-refractivity contribution < 1.29 is 14.3 Å². The first-order chi connectivity index (χ1) is 12.9. The van der Waals surface area contributed by atoms with Crippen LogP contribution in [0.1, 0.15) is 41.4 Å². The van der Waals surface area contributed by atoms with Crippen LogP contribution in [0.5, 0.6) is 5.75 Å². The molecule has 27 heavy (non-hydrogen) atoms. The van der Waals surface area contributed by atoms with Crippen molar-refractivity contribution in [2.75, 3.05) is 13.1 Å². The minimum atomic E-state index is -0.150. The molecule has 1 amide bonds. The van der Waals surface area contributed by atoms with Crippen LogP contribution in [-0.4, -0.2) is 45.7 Å². The van der Waals surface area contributed by atoms with Crippen LogP contribution in [0.4, 0.5) is 4.79 Å². The van der Waals surface area contributed by atoms with Crippen LogP contribution >= 0.6 is 0 Å². The van der Waals surface area contributed by atoms with E-state index in [1.165, 1.54) is 22.7 Å². The number of amides is 1. The fourth-order valence-electron chi connectivity index (χ4n) is 4.24. The molecule has 142 valence electrons. The van der Waals surface area contributed by atoms with E-state index in [9.17, 15) is 9.59 Å². The fourth-order valence-corrected chi connectivity index (χ4v) is 4.24. The number of hydrogen-bond acceptors (Lipinski definition) is 4. The highest BCUT2D eigenvalue weighted by Gasteiger charge is 2.43. The molecule has 1 aromatic heterocycles. The third-order valence-corrected chi connectivity index (χ3v) is 5.91. The first kappa shape index (κ1) is 17.8. The first-order valence-electron chi connectivity index (χ1n) is 9.50. The summed E-state index contributed by atoms with van der Waals surface area (Å²) in [6.45, 7) is 7.11. The first-order valence-corrected chi connectivity index (χ1v) is 9.50. The van der Waals surface area contributed by atoms with Gasteiger partial charge < -0.3 is 9.64 Å². The van der Waals surface area contributed by atoms with E-state index in [4.69, 9.17) is 4.74 Å². The maximum Gasteiger partial charge on any atom is 0.344 e. The van der Waals surface area contributed by atoms with Crippen LogP contribution in [-0.2, 0) is 0 Å². The number of likely N-dealkylation sites (tertiary alicyclic amines) is 1. The largest absolute Gasteiger partial charge is 0.490 e. The Morgan fingerprint density at radius 2 is 1.78 bits per heavy atom. The van der Waals surface area contributed by atoms with Gasteiger partial charge in [-0.1, -0.05) is 6.07 Å². The standard InChI is InChI=1S/C21H25N3O3/c1-13-4-5-18(8-14(13)2)27-19-9-16-11-23(12-17(16)10-19)21(26)24-7-6-20(22-24)15(3)25/h4-8,16-17,19H,9-12H2,1-3H3/t16-,17+,19?. The average molecular weight is 367 g/mol. The second kappa shape index (κ2) is 6.83. The number of benzene rings is 1. The lowest BCUT2D eigenvalue weighted by Gasteiger charge is -2.20. The minimum absolute atomic E-state index is 0.133. The van der Waals surface area contributed by atoms with Gasteiger partial charge in [0.15, 0.2) is 5.78 Å². The summed E-state index contributed by atoms with van der Waals surface area (Å²) >= 11 is 0. The maximum absolute atomic E-state index is 12.6. The zero-order valence-corrected chi connectivity index (χ0v) is 16.0. The molecule has 2 aliphatic rings. The summed E-state index contributed by atoms with van der Waals surface area (Å²) in [5.41, 5.74) is 2.84. The number of ketones is 1. The van der Waals surface area contributed by atoms with Gasteiger partial charge in [0.05, 0.1) is 6.10 Å². The van der Waals surface area contributed by atoms with Crippen molar-refractivity contribution in [3.63, 3.8) is 0 Å². The highest BCUT2D eigenvalue weighted by atomic mass is 16.5. The molecular formula is C21H25N3O3. The van der Waals surface area contributed by atoms with Gasteiger partial charge in [0.2, 0.25) is 0 Å². The molecule has 1 saturated heterocycles. The Labute approximate surface area is 159 Å². The number of hydrogen-bond donors (Lipinski definition) is 0. The maximum atomic E-state index is 12.6. The predicted molar refractivity (Wildman–Crippen MR) is 101 cm³/mol. The van der Waals surface area contributed by atoms with E-state index in [0.717, 1.165) is 31.7 Å². The van der Waals surface area contributed by atoms with E-state index in [2.05, 4.69) is 31.1 Å². The summed E-state index contributed by atoms with van der Waals surface area (Å²) in [5.74, 6) is 1.73. The van der Waals surface area contributed by atoms with Gasteiger partial charge in [-0.3, -0.25) is 4.79 Å². The fraction of sp³-hybridized carbons (Fsp3) is 0.476. The molecule has 6 nitrogen and oxygen atoms in total. The highest BCUT2D eigenvalue weighted by Crippen LogP contribution is 2.40. The molecular weight excluding hydrogens is 342 g/mol. The van der Waals surface area contributed by atoms with Crippen molar-refractivity contribution >= 4 is 11.8 Å². The van der Waals surface area contributed by atoms with Crippen LogP contribution in [0.25, 0.3) is 0 Å². The van der Waals surface area contributed by atoms with Crippen LogP contribution < -0.4 is 4.74 Å². The highest BCUT2D eigenvalue weighted by molar-refractivity contribution is 5.92. The average Bonchev–Trinajstić information content (AvgIpc) is 3.32. The smallest absolute Gasteiger partial charge is 0.344 e. The Hall–Kier alpha value is -2.63. The van der Waals surface area contributed by atoms with Gasteiger partial charge in [0, 0.05) is 26.2 Å². The quantitative estimate of drug-likeness (QED) is 0.780. The van der Waals surface area contributed by atoms with Gasteiger partial charge in [0.1, 0.15) is 11.4 Å². The third kappa shape index (κ3) is 3.48. The van der Waals surface area contributed by atoms with Crippen molar-refractivity contribution in [2.24, 2.45) is 11.8 Å². The van der Waals surface area contributed by atoms with E-state index < -0.39 is 0 Å². The van der Waals surface area contributed by atoms with Crippen molar-refractivity contribution in [1.82, 2.24) is 14.7 Å². The summed E-state index contributed by atoms with van der Waals surface area (Å²) in [6.07, 6.45) is 3.73. The Kier molecular flexibility index (Phi) is 4.50. The number of carbonyl (C=O) groups is 2. The molecule has 0 bridgehead atoms. The van der Waals surface area contributed by atoms with Crippen molar-refractivity contribution in [3.8, 4) is 5.75 Å². The summed E-state index contributed by atoms with van der Waals surface area (Å²) in [5, 5.41) is 4.09. The van der Waals surface area contributed by atoms with Gasteiger partial charge in [-0.05, 0) is 67.9 Å². The van der Waals surface area contributed by atoms with Gasteiger partial charge in [-0.2, -0.15) is 9.78 Å². The van der Waals surface area contributed by atoms with Crippen LogP contribution in [0, 0.1) is 25.7 Å². The Bertz CT molecular complexity index is 875. The number of aromatic nitrogens is 2. The lowest BCUT2D eigenvalue weighted by Crippen LogP contribution is -2.34. The van der Waals surface area contributed by atoms with Crippen LogP contribution in [0.2, 0.25) is 0 Å². The third-order valence-electron chi connectivity index (χ3n) is 5.91. The zero-order chi connectivity index (χ0) is 19.1. The minimum Gasteiger partial charge on any atom is -0.490 e. The second-order valence-electron chi connectivity index (χ2n) is 7.87. The normalized spacial score (nSPS) is 24.1. The molecule has 2 aromatic rings. The number of Topliss-reactive ketones (excluding diaryl/α,β-unsaturated/α-hetero) is 1. The number of ether oxygens (including phenoxy) is 1. The molecule has 4 rings (SSSR count). The monoisotopic (exact) mass is 367 g/mol. The van der Waals surface area contributed by atoms with E-state index in [0.29, 0.717) is 17.5 Å². The number of fused-ring (bicyclic) bond motifs is 1. The molecule has 1 unspecified atom stereocenters. The molecule has 0 radical (unpaired) electrons. The van der Waals surface area contributed by atoms with Gasteiger partial charge >= 0.3 is 6.03 Å². The van der Waals surface area contributed by atoms with E-state index in [-0.39, 0.29) is 17.9 Å². The van der Waals surface area contributed by atoms with Crippen molar-refractivity contribution in [1.29, 1.82) is 0 Å². The van der Waals surface area contributed by atoms with Crippen LogP contribution in [0.3, 0.4) is 0 Å². The zero-order valence-electron chi connectivity index (χ0n) is 16.0. The molecule has 3 atom stereocenters. The molecule has 1 aromatic carbocycles. The SMILES string of the molecule is CC(=O)c1ccn(C(=O)N2C[C@H]3CC(Oc4ccc(C)c(C)c4)C[C@H]3C2)n1. The molecule has 1 aliphatic carbocycles. The molecule has 1 aliphatic heterocycles. The molecule has 6 heteroatoms. The number of carbonyl (C=O) groups excluding carboxylic acids is 2. The van der Waals surface area contributed by atoms with Crippen molar-refractivity contribution in [3.05, 3.63) is 47.3 Å². The second-order valence-corrected chi connectivity index (χ2v) is 7.87. The van der Waals surface area contributed by atoms with Gasteiger partial charge in [-0.25, -0.2) is 4.79 Å². The molecule has 2 fully saturated rings. The molecule has 0 N–H and O–H groups in total. The molecule has 0 spiro atoms. The Balaban J connectivity index is 1.35. The van der Waals surface area contributed by atoms with Crippen molar-refractivity contribution in [2.45, 2.75) is 39.7 Å². The van der Waals surface area contributed by atoms with Crippen LogP contribution in [0.15, 0.2) is 30.5 Å². The van der Waals surface area contributed by atoms with E-state index in [1.807, 2.05) is 11.0 Å². The van der Waals surface area contributed by atoms with Gasteiger partial charge in [0.25, 0.3) is 0 Å². The summed E-state index contributed by atoms with van der Waals surface area (Å²) in [6, 6.07) is 7.67. The van der Waals surface area contributed by atoms with E-state index >= 15 is 0 Å². The summed E-state index contributed by atoms with van der Waals surface area (Å²) < 4.78 is 7.48. The lowest BCUT2D eigenvalue weighted by atomic mass is 10.0. The molecule has 1 saturated carbocycles. The number of aryl methyl sites for hydroxylation is 2. The summed E-state index contributed by atoms with van der Waals surface area (Å²) in [4.78, 5) is 25.9. The Morgan fingerprint density at radius 3 is 2.37 bits per heavy atom.